The largest absolute Gasteiger partial charge is 0.463 e. The van der Waals surface area contributed by atoms with Gasteiger partial charge in [0.05, 0.1) is 16.9 Å². The smallest absolute Gasteiger partial charge is 0.256 e. The van der Waals surface area contributed by atoms with Gasteiger partial charge in [-0.2, -0.15) is 9.78 Å². The SMILES string of the molecule is CN(C)S(=O)(=O)c1ccc(C(=O)Nc2cc(-c3ccco3)nn2-c2nc(-c3ccccc3)cc(=O)[nH]2)cc1. The number of carbonyl (C=O) groups excluding carboxylic acids is 1. The lowest BCUT2D eigenvalue weighted by Gasteiger charge is -2.12. The second-order valence-corrected chi connectivity index (χ2v) is 10.5. The summed E-state index contributed by atoms with van der Waals surface area (Å²) >= 11 is 0. The van der Waals surface area contributed by atoms with Crippen LogP contribution in [0.15, 0.2) is 99.2 Å². The van der Waals surface area contributed by atoms with E-state index in [9.17, 15) is 18.0 Å². The van der Waals surface area contributed by atoms with Gasteiger partial charge in [0, 0.05) is 37.4 Å². The Morgan fingerprint density at radius 2 is 1.71 bits per heavy atom. The Hall–Kier alpha value is -4.81. The summed E-state index contributed by atoms with van der Waals surface area (Å²) in [5, 5.41) is 7.27. The minimum Gasteiger partial charge on any atom is -0.463 e. The number of furan rings is 1. The van der Waals surface area contributed by atoms with Gasteiger partial charge in [-0.25, -0.2) is 17.7 Å². The molecule has 0 atom stereocenters. The number of rotatable bonds is 7. The highest BCUT2D eigenvalue weighted by Gasteiger charge is 2.20. The zero-order chi connectivity index (χ0) is 26.9. The van der Waals surface area contributed by atoms with E-state index in [1.807, 2.05) is 30.3 Å². The number of amides is 1. The summed E-state index contributed by atoms with van der Waals surface area (Å²) in [6, 6.07) is 21.1. The van der Waals surface area contributed by atoms with Gasteiger partial charge in [0.2, 0.25) is 16.0 Å². The number of hydrogen-bond donors (Lipinski definition) is 2. The first kappa shape index (κ1) is 24.9. The number of anilines is 1. The number of hydrogen-bond acceptors (Lipinski definition) is 7. The summed E-state index contributed by atoms with van der Waals surface area (Å²) in [4.78, 5) is 32.9. The molecule has 192 valence electrons. The van der Waals surface area contributed by atoms with Crippen LogP contribution in [0.2, 0.25) is 0 Å². The number of carbonyl (C=O) groups is 1. The van der Waals surface area contributed by atoms with Crippen molar-refractivity contribution >= 4 is 21.7 Å². The van der Waals surface area contributed by atoms with Crippen molar-refractivity contribution < 1.29 is 17.6 Å². The van der Waals surface area contributed by atoms with Gasteiger partial charge in [0.15, 0.2) is 5.76 Å². The van der Waals surface area contributed by atoms with E-state index in [1.165, 1.54) is 55.4 Å². The molecule has 12 heteroatoms. The highest BCUT2D eigenvalue weighted by Crippen LogP contribution is 2.25. The van der Waals surface area contributed by atoms with Crippen molar-refractivity contribution in [1.82, 2.24) is 24.1 Å². The number of H-pyrrole nitrogens is 1. The third kappa shape index (κ3) is 4.90. The molecular formula is C26H22N6O5S. The summed E-state index contributed by atoms with van der Waals surface area (Å²) in [6.07, 6.45) is 1.49. The fourth-order valence-electron chi connectivity index (χ4n) is 3.66. The molecule has 0 saturated carbocycles. The summed E-state index contributed by atoms with van der Waals surface area (Å²) in [6.45, 7) is 0. The van der Waals surface area contributed by atoms with Crippen LogP contribution >= 0.6 is 0 Å². The maximum atomic E-state index is 13.1. The maximum absolute atomic E-state index is 13.1. The third-order valence-electron chi connectivity index (χ3n) is 5.62. The van der Waals surface area contributed by atoms with Crippen molar-refractivity contribution in [2.24, 2.45) is 0 Å². The standard InChI is InChI=1S/C26H22N6O5S/c1-31(2)38(35,36)19-12-10-18(11-13-19)25(34)28-23-15-21(22-9-6-14-37-22)30-32(23)26-27-20(16-24(33)29-26)17-7-4-3-5-8-17/h3-16H,1-2H3,(H,28,34)(H,27,29,33). The Morgan fingerprint density at radius 3 is 2.37 bits per heavy atom. The third-order valence-corrected chi connectivity index (χ3v) is 7.45. The van der Waals surface area contributed by atoms with Gasteiger partial charge in [0.25, 0.3) is 11.5 Å². The van der Waals surface area contributed by atoms with E-state index in [1.54, 1.807) is 18.2 Å². The molecule has 0 aliphatic heterocycles. The van der Waals surface area contributed by atoms with Crippen LogP contribution in [-0.2, 0) is 10.0 Å². The predicted octanol–water partition coefficient (Wildman–Crippen LogP) is 3.39. The molecule has 1 amide bonds. The monoisotopic (exact) mass is 530 g/mol. The number of benzene rings is 2. The Bertz CT molecular complexity index is 1760. The van der Waals surface area contributed by atoms with E-state index >= 15 is 0 Å². The first-order valence-corrected chi connectivity index (χ1v) is 12.8. The van der Waals surface area contributed by atoms with E-state index in [2.05, 4.69) is 20.4 Å². The van der Waals surface area contributed by atoms with Gasteiger partial charge in [-0.1, -0.05) is 30.3 Å². The molecule has 2 aromatic carbocycles. The number of aromatic nitrogens is 4. The maximum Gasteiger partial charge on any atom is 0.256 e. The van der Waals surface area contributed by atoms with E-state index in [0.29, 0.717) is 17.1 Å². The molecule has 0 aliphatic rings. The van der Waals surface area contributed by atoms with Crippen molar-refractivity contribution in [2.45, 2.75) is 4.90 Å². The molecule has 5 aromatic rings. The first-order valence-electron chi connectivity index (χ1n) is 11.4. The van der Waals surface area contributed by atoms with Crippen LogP contribution in [0.1, 0.15) is 10.4 Å². The van der Waals surface area contributed by atoms with Gasteiger partial charge in [-0.15, -0.1) is 0 Å². The normalized spacial score (nSPS) is 11.6. The van der Waals surface area contributed by atoms with Gasteiger partial charge < -0.3 is 9.73 Å². The van der Waals surface area contributed by atoms with Crippen LogP contribution in [0.4, 0.5) is 5.82 Å². The highest BCUT2D eigenvalue weighted by molar-refractivity contribution is 7.89. The van der Waals surface area contributed by atoms with Crippen LogP contribution in [0, 0.1) is 0 Å². The molecule has 0 radical (unpaired) electrons. The van der Waals surface area contributed by atoms with Gasteiger partial charge in [-0.3, -0.25) is 14.6 Å². The van der Waals surface area contributed by atoms with Gasteiger partial charge >= 0.3 is 0 Å². The van der Waals surface area contributed by atoms with E-state index < -0.39 is 21.5 Å². The quantitative estimate of drug-likeness (QED) is 0.328. The summed E-state index contributed by atoms with van der Waals surface area (Å²) in [7, 11) is -0.780. The van der Waals surface area contributed by atoms with Crippen molar-refractivity contribution in [3.05, 3.63) is 101 Å². The van der Waals surface area contributed by atoms with Crippen LogP contribution < -0.4 is 10.9 Å². The molecule has 3 heterocycles. The Kier molecular flexibility index (Phi) is 6.49. The van der Waals surface area contributed by atoms with Crippen LogP contribution in [0.5, 0.6) is 0 Å². The lowest BCUT2D eigenvalue weighted by atomic mass is 10.1. The van der Waals surface area contributed by atoms with Crippen LogP contribution in [0.25, 0.3) is 28.7 Å². The molecule has 38 heavy (non-hydrogen) atoms. The molecule has 0 saturated heterocycles. The molecule has 3 aromatic heterocycles. The topological polar surface area (TPSA) is 143 Å². The fourth-order valence-corrected chi connectivity index (χ4v) is 4.56. The van der Waals surface area contributed by atoms with Gasteiger partial charge in [-0.05, 0) is 36.4 Å². The van der Waals surface area contributed by atoms with Gasteiger partial charge in [0.1, 0.15) is 11.5 Å². The molecule has 2 N–H and O–H groups in total. The fraction of sp³-hybridized carbons (Fsp3) is 0.0769. The summed E-state index contributed by atoms with van der Waals surface area (Å²) in [5.74, 6) is 0.211. The molecule has 0 spiro atoms. The number of aromatic amines is 1. The lowest BCUT2D eigenvalue weighted by molar-refractivity contribution is 0.102. The number of sulfonamides is 1. The van der Waals surface area contributed by atoms with Crippen LogP contribution in [0.3, 0.4) is 0 Å². The van der Waals surface area contributed by atoms with E-state index in [-0.39, 0.29) is 22.2 Å². The van der Waals surface area contributed by atoms with Crippen LogP contribution in [-0.4, -0.2) is 52.5 Å². The second kappa shape index (κ2) is 9.92. The van der Waals surface area contributed by atoms with Crippen molar-refractivity contribution in [2.75, 3.05) is 19.4 Å². The average molecular weight is 531 g/mol. The number of nitrogens with zero attached hydrogens (tertiary/aromatic N) is 4. The molecule has 0 unspecified atom stereocenters. The molecule has 5 rings (SSSR count). The first-order chi connectivity index (χ1) is 18.2. The molecular weight excluding hydrogens is 508 g/mol. The highest BCUT2D eigenvalue weighted by atomic mass is 32.2. The summed E-state index contributed by atoms with van der Waals surface area (Å²) < 4.78 is 32.5. The van der Waals surface area contributed by atoms with E-state index in [0.717, 1.165) is 9.87 Å². The average Bonchev–Trinajstić information content (AvgIpc) is 3.59. The number of nitrogens with one attached hydrogen (secondary N) is 2. The minimum atomic E-state index is -3.64. The molecule has 0 bridgehead atoms. The van der Waals surface area contributed by atoms with E-state index in [4.69, 9.17) is 4.42 Å². The van der Waals surface area contributed by atoms with Crippen molar-refractivity contribution in [3.63, 3.8) is 0 Å². The summed E-state index contributed by atoms with van der Waals surface area (Å²) in [5.41, 5.74) is 1.37. The second-order valence-electron chi connectivity index (χ2n) is 8.39. The zero-order valence-electron chi connectivity index (χ0n) is 20.3. The molecule has 0 aliphatic carbocycles. The van der Waals surface area contributed by atoms with Crippen molar-refractivity contribution in [1.29, 1.82) is 0 Å². The molecule has 11 nitrogen and oxygen atoms in total. The lowest BCUT2D eigenvalue weighted by Crippen LogP contribution is -2.22. The minimum absolute atomic E-state index is 0.0590. The Morgan fingerprint density at radius 1 is 0.974 bits per heavy atom. The Labute approximate surface area is 217 Å². The predicted molar refractivity (Wildman–Crippen MR) is 140 cm³/mol. The molecule has 0 fully saturated rings. The Balaban J connectivity index is 1.53. The van der Waals surface area contributed by atoms with Crippen molar-refractivity contribution in [3.8, 4) is 28.7 Å². The zero-order valence-corrected chi connectivity index (χ0v) is 21.1.